The third kappa shape index (κ3) is 4.05. The summed E-state index contributed by atoms with van der Waals surface area (Å²) < 4.78 is 7.26. The van der Waals surface area contributed by atoms with Gasteiger partial charge in [0.05, 0.1) is 18.6 Å². The predicted octanol–water partition coefficient (Wildman–Crippen LogP) is 2.88. The molecule has 3 heterocycles. The van der Waals surface area contributed by atoms with Gasteiger partial charge in [0.25, 0.3) is 5.56 Å². The number of hydrogen-bond donors (Lipinski definition) is 1. The molecule has 27 heavy (non-hydrogen) atoms. The van der Waals surface area contributed by atoms with Crippen LogP contribution < -0.4 is 10.9 Å². The maximum Gasteiger partial charge on any atom is 0.263 e. The number of nitrogens with zero attached hydrogens (tertiary/aromatic N) is 3. The van der Waals surface area contributed by atoms with Crippen LogP contribution in [-0.4, -0.2) is 53.8 Å². The number of fused-ring (bicyclic) bond motifs is 3. The minimum Gasteiger partial charge on any atom is -0.379 e. The van der Waals surface area contributed by atoms with Crippen LogP contribution in [0.3, 0.4) is 0 Å². The first-order chi connectivity index (χ1) is 13.3. The van der Waals surface area contributed by atoms with Crippen LogP contribution in [0, 0.1) is 0 Å². The van der Waals surface area contributed by atoms with Crippen LogP contribution in [0.2, 0.25) is 0 Å². The summed E-state index contributed by atoms with van der Waals surface area (Å²) in [5.74, 6) is 0.745. The van der Waals surface area contributed by atoms with Gasteiger partial charge in [-0.3, -0.25) is 14.3 Å². The number of aryl methyl sites for hydroxylation is 2. The molecule has 1 saturated heterocycles. The zero-order valence-electron chi connectivity index (χ0n) is 16.3. The predicted molar refractivity (Wildman–Crippen MR) is 111 cm³/mol. The summed E-state index contributed by atoms with van der Waals surface area (Å²) in [6.07, 6.45) is 6.53. The van der Waals surface area contributed by atoms with Gasteiger partial charge in [-0.15, -0.1) is 11.3 Å². The molecule has 2 aliphatic rings. The SMILES string of the molecule is CCCn1c(NCCCN2CCOCC2)nc2sc3c(c2c1=O)CCCC3. The molecule has 0 bridgehead atoms. The van der Waals surface area contributed by atoms with Crippen LogP contribution in [-0.2, 0) is 24.1 Å². The van der Waals surface area contributed by atoms with Crippen molar-refractivity contribution in [1.82, 2.24) is 14.5 Å². The number of anilines is 1. The molecular weight excluding hydrogens is 360 g/mol. The van der Waals surface area contributed by atoms with Gasteiger partial charge in [-0.1, -0.05) is 6.92 Å². The smallest absolute Gasteiger partial charge is 0.263 e. The molecule has 148 valence electrons. The number of aromatic nitrogens is 2. The van der Waals surface area contributed by atoms with Crippen LogP contribution in [0.1, 0.15) is 43.0 Å². The zero-order valence-corrected chi connectivity index (χ0v) is 17.1. The van der Waals surface area contributed by atoms with Crippen molar-refractivity contribution < 1.29 is 4.74 Å². The quantitative estimate of drug-likeness (QED) is 0.737. The van der Waals surface area contributed by atoms with Crippen molar-refractivity contribution in [1.29, 1.82) is 0 Å². The van der Waals surface area contributed by atoms with Gasteiger partial charge in [-0.25, -0.2) is 4.98 Å². The summed E-state index contributed by atoms with van der Waals surface area (Å²) in [5.41, 5.74) is 1.43. The Morgan fingerprint density at radius 1 is 1.19 bits per heavy atom. The number of nitrogens with one attached hydrogen (secondary N) is 1. The van der Waals surface area contributed by atoms with Crippen LogP contribution in [0.25, 0.3) is 10.2 Å². The van der Waals surface area contributed by atoms with E-state index in [4.69, 9.17) is 9.72 Å². The topological polar surface area (TPSA) is 59.4 Å². The minimum atomic E-state index is 0.150. The van der Waals surface area contributed by atoms with Gasteiger partial charge >= 0.3 is 0 Å². The fourth-order valence-electron chi connectivity index (χ4n) is 4.13. The molecule has 0 spiro atoms. The maximum absolute atomic E-state index is 13.2. The maximum atomic E-state index is 13.2. The number of hydrogen-bond acceptors (Lipinski definition) is 6. The summed E-state index contributed by atoms with van der Waals surface area (Å²) >= 11 is 1.73. The molecule has 2 aromatic rings. The van der Waals surface area contributed by atoms with Crippen molar-refractivity contribution in [3.8, 4) is 0 Å². The fourth-order valence-corrected chi connectivity index (χ4v) is 5.38. The fraction of sp³-hybridized carbons (Fsp3) is 0.700. The molecule has 4 rings (SSSR count). The third-order valence-corrected chi connectivity index (χ3v) is 6.75. The molecule has 7 heteroatoms. The van der Waals surface area contributed by atoms with Gasteiger partial charge in [0.15, 0.2) is 0 Å². The Labute approximate surface area is 164 Å². The molecule has 0 radical (unpaired) electrons. The Balaban J connectivity index is 1.52. The summed E-state index contributed by atoms with van der Waals surface area (Å²) in [5, 5.41) is 4.34. The Bertz CT molecular complexity index is 839. The van der Waals surface area contributed by atoms with E-state index in [2.05, 4.69) is 17.1 Å². The Hall–Kier alpha value is -1.44. The van der Waals surface area contributed by atoms with E-state index < -0.39 is 0 Å². The van der Waals surface area contributed by atoms with Gasteiger partial charge in [-0.05, 0) is 50.6 Å². The van der Waals surface area contributed by atoms with Gasteiger partial charge in [0.2, 0.25) is 5.95 Å². The van der Waals surface area contributed by atoms with Crippen LogP contribution in [0.5, 0.6) is 0 Å². The van der Waals surface area contributed by atoms with Crippen LogP contribution in [0.15, 0.2) is 4.79 Å². The van der Waals surface area contributed by atoms with Gasteiger partial charge in [0.1, 0.15) is 4.83 Å². The molecule has 1 N–H and O–H groups in total. The molecule has 0 unspecified atom stereocenters. The molecule has 0 amide bonds. The highest BCUT2D eigenvalue weighted by atomic mass is 32.1. The number of thiophene rings is 1. The first kappa shape index (κ1) is 18.9. The lowest BCUT2D eigenvalue weighted by Gasteiger charge is -2.26. The average molecular weight is 391 g/mol. The Morgan fingerprint density at radius 3 is 2.81 bits per heavy atom. The highest BCUT2D eigenvalue weighted by Gasteiger charge is 2.21. The van der Waals surface area contributed by atoms with Crippen LogP contribution in [0.4, 0.5) is 5.95 Å². The van der Waals surface area contributed by atoms with E-state index in [1.54, 1.807) is 11.3 Å². The second-order valence-electron chi connectivity index (χ2n) is 7.52. The summed E-state index contributed by atoms with van der Waals surface area (Å²) in [4.78, 5) is 22.8. The second kappa shape index (κ2) is 8.71. The van der Waals surface area contributed by atoms with Gasteiger partial charge in [-0.2, -0.15) is 0 Å². The monoisotopic (exact) mass is 390 g/mol. The molecule has 0 saturated carbocycles. The largest absolute Gasteiger partial charge is 0.379 e. The summed E-state index contributed by atoms with van der Waals surface area (Å²) in [7, 11) is 0. The van der Waals surface area contributed by atoms with Crippen molar-refractivity contribution >= 4 is 27.5 Å². The lowest BCUT2D eigenvalue weighted by atomic mass is 9.97. The third-order valence-electron chi connectivity index (χ3n) is 5.56. The number of ether oxygens (including phenoxy) is 1. The first-order valence-electron chi connectivity index (χ1n) is 10.4. The van der Waals surface area contributed by atoms with Crippen molar-refractivity contribution in [3.05, 3.63) is 20.8 Å². The van der Waals surface area contributed by atoms with Crippen molar-refractivity contribution in [3.63, 3.8) is 0 Å². The minimum absolute atomic E-state index is 0.150. The van der Waals surface area contributed by atoms with Gasteiger partial charge in [0, 0.05) is 31.1 Å². The highest BCUT2D eigenvalue weighted by Crippen LogP contribution is 2.34. The second-order valence-corrected chi connectivity index (χ2v) is 8.60. The van der Waals surface area contributed by atoms with E-state index in [9.17, 15) is 4.79 Å². The van der Waals surface area contributed by atoms with E-state index in [1.807, 2.05) is 4.57 Å². The normalized spacial score (nSPS) is 18.0. The van der Waals surface area contributed by atoms with E-state index in [0.717, 1.165) is 87.8 Å². The zero-order chi connectivity index (χ0) is 18.6. The molecule has 1 aliphatic heterocycles. The molecule has 6 nitrogen and oxygen atoms in total. The Kier molecular flexibility index (Phi) is 6.10. The molecule has 2 aromatic heterocycles. The van der Waals surface area contributed by atoms with E-state index in [-0.39, 0.29) is 5.56 Å². The number of rotatable bonds is 7. The van der Waals surface area contributed by atoms with Gasteiger partial charge < -0.3 is 10.1 Å². The molecule has 0 aromatic carbocycles. The first-order valence-corrected chi connectivity index (χ1v) is 11.2. The molecule has 0 atom stereocenters. The van der Waals surface area contributed by atoms with E-state index in [1.165, 1.54) is 23.3 Å². The van der Waals surface area contributed by atoms with Crippen molar-refractivity contribution in [2.24, 2.45) is 0 Å². The van der Waals surface area contributed by atoms with Crippen molar-refractivity contribution in [2.75, 3.05) is 44.7 Å². The lowest BCUT2D eigenvalue weighted by Crippen LogP contribution is -2.37. The Morgan fingerprint density at radius 2 is 2.00 bits per heavy atom. The summed E-state index contributed by atoms with van der Waals surface area (Å²) in [6, 6.07) is 0. The standard InChI is InChI=1S/C20H30N4O2S/c1-2-9-24-19(25)17-15-6-3-4-7-16(15)27-18(17)22-20(24)21-8-5-10-23-11-13-26-14-12-23/h2-14H2,1H3,(H,21,22). The van der Waals surface area contributed by atoms with E-state index in [0.29, 0.717) is 0 Å². The van der Waals surface area contributed by atoms with E-state index >= 15 is 0 Å². The summed E-state index contributed by atoms with van der Waals surface area (Å²) in [6.45, 7) is 8.45. The molecular formula is C20H30N4O2S. The molecule has 1 fully saturated rings. The van der Waals surface area contributed by atoms with Crippen LogP contribution >= 0.6 is 11.3 Å². The lowest BCUT2D eigenvalue weighted by molar-refractivity contribution is 0.0378. The molecule has 1 aliphatic carbocycles. The number of morpholine rings is 1. The van der Waals surface area contributed by atoms with Crippen molar-refractivity contribution in [2.45, 2.75) is 52.0 Å². The highest BCUT2D eigenvalue weighted by molar-refractivity contribution is 7.18. The average Bonchev–Trinajstić information content (AvgIpc) is 3.07.